The molecule has 0 aromatic heterocycles. The molecule has 5 nitrogen and oxygen atoms in total. The summed E-state index contributed by atoms with van der Waals surface area (Å²) in [6, 6.07) is 3.13. The lowest BCUT2D eigenvalue weighted by Crippen LogP contribution is -2.31. The molecule has 0 fully saturated rings. The number of carbonyl (C=O) groups excluding carboxylic acids is 1. The van der Waals surface area contributed by atoms with Crippen molar-refractivity contribution in [2.24, 2.45) is 11.8 Å². The van der Waals surface area contributed by atoms with Gasteiger partial charge in [-0.3, -0.25) is 9.59 Å². The van der Waals surface area contributed by atoms with E-state index in [0.29, 0.717) is 12.3 Å². The maximum Gasteiger partial charge on any atom is 0.303 e. The van der Waals surface area contributed by atoms with E-state index in [1.54, 1.807) is 0 Å². The van der Waals surface area contributed by atoms with E-state index in [2.05, 4.69) is 5.32 Å². The predicted octanol–water partition coefficient (Wildman–Crippen LogP) is 2.40. The van der Waals surface area contributed by atoms with Gasteiger partial charge in [0.2, 0.25) is 0 Å². The summed E-state index contributed by atoms with van der Waals surface area (Å²) in [6.45, 7) is 4.14. The van der Waals surface area contributed by atoms with Gasteiger partial charge in [-0.05, 0) is 30.4 Å². The molecule has 0 aliphatic rings. The van der Waals surface area contributed by atoms with Crippen molar-refractivity contribution in [2.75, 3.05) is 6.54 Å². The minimum Gasteiger partial charge on any atom is -0.507 e. The molecule has 0 unspecified atom stereocenters. The summed E-state index contributed by atoms with van der Waals surface area (Å²) in [5.41, 5.74) is -0.0324. The third-order valence-corrected chi connectivity index (χ3v) is 3.02. The van der Waals surface area contributed by atoms with Crippen molar-refractivity contribution in [3.05, 3.63) is 29.6 Å². The van der Waals surface area contributed by atoms with E-state index in [-0.39, 0.29) is 24.4 Å². The molecule has 0 bridgehead atoms. The molecule has 3 N–H and O–H groups in total. The molecule has 0 heterocycles. The van der Waals surface area contributed by atoms with Crippen LogP contribution in [0.1, 0.15) is 37.0 Å². The lowest BCUT2D eigenvalue weighted by molar-refractivity contribution is -0.138. The van der Waals surface area contributed by atoms with E-state index >= 15 is 0 Å². The lowest BCUT2D eigenvalue weighted by Gasteiger charge is -2.18. The van der Waals surface area contributed by atoms with E-state index in [0.717, 1.165) is 12.1 Å². The molecular formula is C15H20FNO4. The van der Waals surface area contributed by atoms with Crippen LogP contribution in [-0.2, 0) is 4.79 Å². The Kier molecular flexibility index (Phi) is 6.14. The largest absolute Gasteiger partial charge is 0.507 e. The Morgan fingerprint density at radius 3 is 2.52 bits per heavy atom. The van der Waals surface area contributed by atoms with Crippen molar-refractivity contribution >= 4 is 11.9 Å². The van der Waals surface area contributed by atoms with Crippen LogP contribution in [0.5, 0.6) is 5.75 Å². The lowest BCUT2D eigenvalue weighted by atomic mass is 9.94. The first-order chi connectivity index (χ1) is 9.79. The Bertz CT molecular complexity index is 516. The van der Waals surface area contributed by atoms with Crippen molar-refractivity contribution in [1.29, 1.82) is 0 Å². The standard InChI is InChI=1S/C15H20FNO4/c1-9(2)5-10(6-14(19)20)8-17-15(21)12-4-3-11(16)7-13(12)18/h3-4,7,9-10,18H,5-6,8H2,1-2H3,(H,17,21)(H,19,20)/t10-/m0/s1. The number of aromatic hydroxyl groups is 1. The molecule has 0 aliphatic carbocycles. The van der Waals surface area contributed by atoms with Crippen LogP contribution in [0.2, 0.25) is 0 Å². The molecule has 1 atom stereocenters. The monoisotopic (exact) mass is 297 g/mol. The van der Waals surface area contributed by atoms with Crippen molar-refractivity contribution in [2.45, 2.75) is 26.7 Å². The zero-order chi connectivity index (χ0) is 16.0. The molecule has 21 heavy (non-hydrogen) atoms. The number of nitrogens with one attached hydrogen (secondary N) is 1. The molecule has 0 saturated carbocycles. The van der Waals surface area contributed by atoms with Gasteiger partial charge in [-0.2, -0.15) is 0 Å². The van der Waals surface area contributed by atoms with Crippen LogP contribution in [0.4, 0.5) is 4.39 Å². The van der Waals surface area contributed by atoms with Crippen LogP contribution >= 0.6 is 0 Å². The zero-order valence-electron chi connectivity index (χ0n) is 12.1. The Hall–Kier alpha value is -2.11. The third-order valence-electron chi connectivity index (χ3n) is 3.02. The van der Waals surface area contributed by atoms with Crippen molar-refractivity contribution in [3.63, 3.8) is 0 Å². The fourth-order valence-corrected chi connectivity index (χ4v) is 2.18. The number of amides is 1. The van der Waals surface area contributed by atoms with Gasteiger partial charge in [0.05, 0.1) is 5.56 Å². The molecule has 0 spiro atoms. The second kappa shape index (κ2) is 7.61. The molecule has 1 rings (SSSR count). The van der Waals surface area contributed by atoms with E-state index in [9.17, 15) is 19.1 Å². The maximum absolute atomic E-state index is 12.9. The minimum atomic E-state index is -0.917. The Morgan fingerprint density at radius 1 is 1.33 bits per heavy atom. The SMILES string of the molecule is CC(C)C[C@H](CNC(=O)c1ccc(F)cc1O)CC(=O)O. The Balaban J connectivity index is 2.65. The highest BCUT2D eigenvalue weighted by molar-refractivity contribution is 5.96. The summed E-state index contributed by atoms with van der Waals surface area (Å²) in [4.78, 5) is 22.7. The van der Waals surface area contributed by atoms with Gasteiger partial charge < -0.3 is 15.5 Å². The number of carboxylic acid groups (broad SMARTS) is 1. The van der Waals surface area contributed by atoms with Crippen molar-refractivity contribution in [1.82, 2.24) is 5.32 Å². The molecule has 1 aromatic carbocycles. The summed E-state index contributed by atoms with van der Waals surface area (Å²) < 4.78 is 12.9. The van der Waals surface area contributed by atoms with Crippen molar-refractivity contribution < 1.29 is 24.2 Å². The van der Waals surface area contributed by atoms with Crippen LogP contribution < -0.4 is 5.32 Å². The molecule has 0 radical (unpaired) electrons. The summed E-state index contributed by atoms with van der Waals surface area (Å²) in [5, 5.41) is 21.0. The number of carbonyl (C=O) groups is 2. The zero-order valence-corrected chi connectivity index (χ0v) is 12.1. The molecule has 116 valence electrons. The van der Waals surface area contributed by atoms with Gasteiger partial charge in [0.1, 0.15) is 11.6 Å². The highest BCUT2D eigenvalue weighted by atomic mass is 19.1. The summed E-state index contributed by atoms with van der Waals surface area (Å²) in [7, 11) is 0. The average Bonchev–Trinajstić information content (AvgIpc) is 2.34. The van der Waals surface area contributed by atoms with Gasteiger partial charge in [0, 0.05) is 19.0 Å². The minimum absolute atomic E-state index is 0.0324. The molecular weight excluding hydrogens is 277 g/mol. The highest BCUT2D eigenvalue weighted by Crippen LogP contribution is 2.19. The second-order valence-electron chi connectivity index (χ2n) is 5.46. The molecule has 1 amide bonds. The first-order valence-corrected chi connectivity index (χ1v) is 6.78. The van der Waals surface area contributed by atoms with Crippen molar-refractivity contribution in [3.8, 4) is 5.75 Å². The number of benzene rings is 1. The average molecular weight is 297 g/mol. The number of phenolic OH excluding ortho intramolecular Hbond substituents is 1. The normalized spacial score (nSPS) is 12.2. The molecule has 0 aliphatic heterocycles. The summed E-state index contributed by atoms with van der Waals surface area (Å²) >= 11 is 0. The topological polar surface area (TPSA) is 86.6 Å². The third kappa shape index (κ3) is 5.81. The number of rotatable bonds is 7. The van der Waals surface area contributed by atoms with Gasteiger partial charge in [-0.1, -0.05) is 13.8 Å². The second-order valence-corrected chi connectivity index (χ2v) is 5.46. The predicted molar refractivity (Wildman–Crippen MR) is 75.6 cm³/mol. The smallest absolute Gasteiger partial charge is 0.303 e. The van der Waals surface area contributed by atoms with E-state index in [4.69, 9.17) is 5.11 Å². The van der Waals surface area contributed by atoms with Crippen LogP contribution in [0.3, 0.4) is 0 Å². The fourth-order valence-electron chi connectivity index (χ4n) is 2.18. The first-order valence-electron chi connectivity index (χ1n) is 6.78. The Morgan fingerprint density at radius 2 is 2.00 bits per heavy atom. The summed E-state index contributed by atoms with van der Waals surface area (Å²) in [5.74, 6) is -2.41. The van der Waals surface area contributed by atoms with E-state index in [1.807, 2.05) is 13.8 Å². The Labute approximate surface area is 122 Å². The molecule has 6 heteroatoms. The molecule has 1 aromatic rings. The maximum atomic E-state index is 12.9. The number of hydrogen-bond donors (Lipinski definition) is 3. The van der Waals surface area contributed by atoms with Gasteiger partial charge in [0.25, 0.3) is 5.91 Å². The number of aliphatic carboxylic acids is 1. The van der Waals surface area contributed by atoms with Gasteiger partial charge in [0.15, 0.2) is 0 Å². The number of halogens is 1. The van der Waals surface area contributed by atoms with Gasteiger partial charge in [-0.15, -0.1) is 0 Å². The highest BCUT2D eigenvalue weighted by Gasteiger charge is 2.18. The van der Waals surface area contributed by atoms with Gasteiger partial charge >= 0.3 is 5.97 Å². The summed E-state index contributed by atoms with van der Waals surface area (Å²) in [6.07, 6.45) is 0.635. The quantitative estimate of drug-likeness (QED) is 0.721. The van der Waals surface area contributed by atoms with E-state index in [1.165, 1.54) is 6.07 Å². The number of hydrogen-bond acceptors (Lipinski definition) is 3. The van der Waals surface area contributed by atoms with Gasteiger partial charge in [-0.25, -0.2) is 4.39 Å². The van der Waals surface area contributed by atoms with Crippen LogP contribution in [0.15, 0.2) is 18.2 Å². The van der Waals surface area contributed by atoms with Crippen LogP contribution in [0.25, 0.3) is 0 Å². The fraction of sp³-hybridized carbons (Fsp3) is 0.467. The number of phenols is 1. The van der Waals surface area contributed by atoms with Crippen LogP contribution in [-0.4, -0.2) is 28.6 Å². The molecule has 0 saturated heterocycles. The first kappa shape index (κ1) is 16.9. The van der Waals surface area contributed by atoms with Crippen LogP contribution in [0, 0.1) is 17.7 Å². The number of carboxylic acids is 1. The van der Waals surface area contributed by atoms with E-state index < -0.39 is 23.4 Å².